The molecule has 1 aromatic rings. The number of hydrogen-bond donors (Lipinski definition) is 0. The fraction of sp³-hybridized carbons (Fsp3) is 0.769. The van der Waals surface area contributed by atoms with Crippen LogP contribution < -0.4 is 0 Å². The van der Waals surface area contributed by atoms with Crippen molar-refractivity contribution >= 4 is 27.5 Å². The van der Waals surface area contributed by atoms with Gasteiger partial charge in [-0.15, -0.1) is 11.6 Å². The molecule has 1 aromatic heterocycles. The molecule has 104 valence electrons. The summed E-state index contributed by atoms with van der Waals surface area (Å²) >= 11 is 9.85. The number of hydrogen-bond acceptors (Lipinski definition) is 2. The van der Waals surface area contributed by atoms with E-state index in [1.807, 2.05) is 6.20 Å². The van der Waals surface area contributed by atoms with E-state index in [1.54, 1.807) is 0 Å². The molecule has 0 spiro atoms. The predicted molar refractivity (Wildman–Crippen MR) is 81.4 cm³/mol. The zero-order valence-corrected chi connectivity index (χ0v) is 13.8. The zero-order chi connectivity index (χ0) is 13.5. The van der Waals surface area contributed by atoms with E-state index >= 15 is 0 Å². The Morgan fingerprint density at radius 2 is 2.17 bits per heavy atom. The summed E-state index contributed by atoms with van der Waals surface area (Å²) in [5, 5.41) is 4.69. The summed E-state index contributed by atoms with van der Waals surface area (Å²) in [4.78, 5) is 2.17. The van der Waals surface area contributed by atoms with Crippen molar-refractivity contribution in [3.05, 3.63) is 16.4 Å². The lowest BCUT2D eigenvalue weighted by molar-refractivity contribution is 0.368. The van der Waals surface area contributed by atoms with Gasteiger partial charge < -0.3 is 4.90 Å². The van der Waals surface area contributed by atoms with E-state index < -0.39 is 0 Å². The van der Waals surface area contributed by atoms with Crippen LogP contribution in [0.1, 0.15) is 31.9 Å². The Bertz CT molecular complexity index is 352. The maximum Gasteiger partial charge on any atom is 0.0635 e. The summed E-state index contributed by atoms with van der Waals surface area (Å²) < 4.78 is 3.18. The van der Waals surface area contributed by atoms with Gasteiger partial charge in [0.2, 0.25) is 0 Å². The third-order valence-corrected chi connectivity index (χ3v) is 4.05. The summed E-state index contributed by atoms with van der Waals surface area (Å²) in [6, 6.07) is 0. The molecule has 0 amide bonds. The monoisotopic (exact) mass is 335 g/mol. The molecule has 1 atom stereocenters. The highest BCUT2D eigenvalue weighted by molar-refractivity contribution is 9.10. The number of likely N-dealkylation sites (N-methyl/N-ethyl adjacent to an activating group) is 1. The average molecular weight is 337 g/mol. The molecule has 0 aliphatic rings. The van der Waals surface area contributed by atoms with E-state index in [2.05, 4.69) is 51.6 Å². The minimum absolute atomic E-state index is 0.277. The van der Waals surface area contributed by atoms with Gasteiger partial charge in [-0.25, -0.2) is 0 Å². The molecule has 0 aliphatic carbocycles. The second-order valence-corrected chi connectivity index (χ2v) is 6.36. The zero-order valence-electron chi connectivity index (χ0n) is 11.5. The van der Waals surface area contributed by atoms with Crippen LogP contribution in [-0.2, 0) is 13.0 Å². The lowest BCUT2D eigenvalue weighted by Crippen LogP contribution is -2.20. The van der Waals surface area contributed by atoms with Crippen LogP contribution in [0.5, 0.6) is 0 Å². The van der Waals surface area contributed by atoms with Gasteiger partial charge in [-0.3, -0.25) is 4.68 Å². The van der Waals surface area contributed by atoms with Crippen LogP contribution in [0.4, 0.5) is 0 Å². The van der Waals surface area contributed by atoms with E-state index in [0.717, 1.165) is 43.2 Å². The van der Waals surface area contributed by atoms with Crippen LogP contribution in [0.25, 0.3) is 0 Å². The van der Waals surface area contributed by atoms with Crippen molar-refractivity contribution in [3.63, 3.8) is 0 Å². The van der Waals surface area contributed by atoms with Crippen molar-refractivity contribution in [2.75, 3.05) is 20.6 Å². The van der Waals surface area contributed by atoms with Crippen LogP contribution in [0.2, 0.25) is 0 Å². The molecule has 0 bridgehead atoms. The second-order valence-electron chi connectivity index (χ2n) is 4.89. The first-order valence-electron chi connectivity index (χ1n) is 6.53. The Hall–Kier alpha value is -0.0600. The summed E-state index contributed by atoms with van der Waals surface area (Å²) in [6.45, 7) is 4.10. The third-order valence-electron chi connectivity index (χ3n) is 2.95. The summed E-state index contributed by atoms with van der Waals surface area (Å²) in [5.41, 5.74) is 1.26. The van der Waals surface area contributed by atoms with E-state index in [9.17, 15) is 0 Å². The highest BCUT2D eigenvalue weighted by Gasteiger charge is 2.11. The quantitative estimate of drug-likeness (QED) is 0.677. The molecule has 5 heteroatoms. The molecule has 0 aromatic carbocycles. The fourth-order valence-corrected chi connectivity index (χ4v) is 2.70. The summed E-state index contributed by atoms with van der Waals surface area (Å²) in [7, 11) is 4.16. The van der Waals surface area contributed by atoms with Gasteiger partial charge in [0.25, 0.3) is 0 Å². The SMILES string of the molecule is CCCC(Cl)CCc1c(Br)cnn1CCN(C)C. The van der Waals surface area contributed by atoms with Gasteiger partial charge >= 0.3 is 0 Å². The normalized spacial score (nSPS) is 13.2. The molecule has 0 radical (unpaired) electrons. The van der Waals surface area contributed by atoms with Gasteiger partial charge in [-0.2, -0.15) is 5.10 Å². The van der Waals surface area contributed by atoms with E-state index in [0.29, 0.717) is 0 Å². The van der Waals surface area contributed by atoms with Crippen molar-refractivity contribution in [1.82, 2.24) is 14.7 Å². The molecule has 18 heavy (non-hydrogen) atoms. The highest BCUT2D eigenvalue weighted by Crippen LogP contribution is 2.20. The Labute approximate surface area is 124 Å². The molecule has 3 nitrogen and oxygen atoms in total. The van der Waals surface area contributed by atoms with Crippen molar-refractivity contribution in [1.29, 1.82) is 0 Å². The van der Waals surface area contributed by atoms with Crippen molar-refractivity contribution in [2.45, 2.75) is 44.5 Å². The molecule has 1 heterocycles. The lowest BCUT2D eigenvalue weighted by Gasteiger charge is -2.13. The second kappa shape index (κ2) is 8.18. The molecule has 0 saturated heterocycles. The number of rotatable bonds is 8. The van der Waals surface area contributed by atoms with Crippen molar-refractivity contribution in [2.24, 2.45) is 0 Å². The first kappa shape index (κ1) is 16.0. The minimum atomic E-state index is 0.277. The van der Waals surface area contributed by atoms with E-state index in [-0.39, 0.29) is 5.38 Å². The first-order chi connectivity index (χ1) is 8.54. The van der Waals surface area contributed by atoms with E-state index in [1.165, 1.54) is 5.69 Å². The van der Waals surface area contributed by atoms with Crippen LogP contribution in [0.15, 0.2) is 10.7 Å². The topological polar surface area (TPSA) is 21.1 Å². The fourth-order valence-electron chi connectivity index (χ4n) is 1.87. The molecule has 1 rings (SSSR count). The van der Waals surface area contributed by atoms with Crippen LogP contribution in [-0.4, -0.2) is 40.7 Å². The Balaban J connectivity index is 2.55. The molecular formula is C13H23BrClN3. The number of halogens is 2. The number of alkyl halides is 1. The molecule has 0 aliphatic heterocycles. The van der Waals surface area contributed by atoms with Crippen molar-refractivity contribution in [3.8, 4) is 0 Å². The number of nitrogens with zero attached hydrogens (tertiary/aromatic N) is 3. The summed E-state index contributed by atoms with van der Waals surface area (Å²) in [6.07, 6.45) is 6.12. The minimum Gasteiger partial charge on any atom is -0.308 e. The van der Waals surface area contributed by atoms with Crippen LogP contribution in [0.3, 0.4) is 0 Å². The Kier molecular flexibility index (Phi) is 7.27. The van der Waals surface area contributed by atoms with Gasteiger partial charge in [0.15, 0.2) is 0 Å². The molecule has 0 fully saturated rings. The van der Waals surface area contributed by atoms with Gasteiger partial charge in [0.1, 0.15) is 0 Å². The van der Waals surface area contributed by atoms with Gasteiger partial charge in [-0.05, 0) is 49.3 Å². The number of aromatic nitrogens is 2. The molecule has 0 N–H and O–H groups in total. The van der Waals surface area contributed by atoms with Crippen LogP contribution >= 0.6 is 27.5 Å². The third kappa shape index (κ3) is 5.29. The molecular weight excluding hydrogens is 314 g/mol. The predicted octanol–water partition coefficient (Wildman–Crippen LogP) is 3.55. The van der Waals surface area contributed by atoms with Crippen molar-refractivity contribution < 1.29 is 0 Å². The highest BCUT2D eigenvalue weighted by atomic mass is 79.9. The van der Waals surface area contributed by atoms with Crippen LogP contribution in [0, 0.1) is 0 Å². The average Bonchev–Trinajstić information content (AvgIpc) is 2.65. The smallest absolute Gasteiger partial charge is 0.0635 e. The lowest BCUT2D eigenvalue weighted by atomic mass is 10.1. The Morgan fingerprint density at radius 3 is 2.78 bits per heavy atom. The van der Waals surface area contributed by atoms with Gasteiger partial charge in [0, 0.05) is 11.9 Å². The summed E-state index contributed by atoms with van der Waals surface area (Å²) in [5.74, 6) is 0. The Morgan fingerprint density at radius 1 is 1.44 bits per heavy atom. The van der Waals surface area contributed by atoms with Gasteiger partial charge in [-0.1, -0.05) is 13.3 Å². The largest absolute Gasteiger partial charge is 0.308 e. The molecule has 1 unspecified atom stereocenters. The maximum atomic E-state index is 6.28. The maximum absolute atomic E-state index is 6.28. The molecule has 0 saturated carbocycles. The van der Waals surface area contributed by atoms with Gasteiger partial charge in [0.05, 0.1) is 22.9 Å². The van der Waals surface area contributed by atoms with E-state index in [4.69, 9.17) is 11.6 Å². The first-order valence-corrected chi connectivity index (χ1v) is 7.76. The standard InChI is InChI=1S/C13H23BrClN3/c1-4-5-11(15)6-7-13-12(14)10-16-18(13)9-8-17(2)3/h10-11H,4-9H2,1-3H3.